The van der Waals surface area contributed by atoms with Crippen LogP contribution in [0.5, 0.6) is 5.75 Å². The van der Waals surface area contributed by atoms with Gasteiger partial charge in [0, 0.05) is 33.3 Å². The second-order valence-corrected chi connectivity index (χ2v) is 6.46. The van der Waals surface area contributed by atoms with Crippen LogP contribution in [0.4, 0.5) is 5.82 Å². The largest absolute Gasteiger partial charge is 0.485 e. The molecule has 0 radical (unpaired) electrons. The second-order valence-electron chi connectivity index (χ2n) is 5.47. The van der Waals surface area contributed by atoms with E-state index in [2.05, 4.69) is 4.98 Å². The minimum Gasteiger partial charge on any atom is -0.485 e. The standard InChI is InChI=1S/C15H21N3O4S/c1-17(2)15-12(4-3-6-16-15)22-11-5-7-18(8-11)13(19)9-23-10-14(20)21/h3-4,6,11H,5,7-10H2,1-2H3,(H,20,21). The Morgan fingerprint density at radius 1 is 1.48 bits per heavy atom. The quantitative estimate of drug-likeness (QED) is 0.792. The lowest BCUT2D eigenvalue weighted by atomic mass is 10.3. The molecule has 0 aliphatic carbocycles. The number of nitrogens with zero attached hydrogens (tertiary/aromatic N) is 3. The number of anilines is 1. The lowest BCUT2D eigenvalue weighted by Crippen LogP contribution is -2.32. The highest BCUT2D eigenvalue weighted by molar-refractivity contribution is 8.00. The number of likely N-dealkylation sites (tertiary alicyclic amines) is 1. The number of hydrogen-bond acceptors (Lipinski definition) is 6. The molecule has 0 saturated carbocycles. The third-order valence-corrected chi connectivity index (χ3v) is 4.32. The van der Waals surface area contributed by atoms with Crippen molar-refractivity contribution in [3.63, 3.8) is 0 Å². The number of ether oxygens (including phenoxy) is 1. The van der Waals surface area contributed by atoms with Crippen molar-refractivity contribution in [1.82, 2.24) is 9.88 Å². The molecule has 1 aromatic rings. The number of carboxylic acids is 1. The van der Waals surface area contributed by atoms with Gasteiger partial charge in [-0.15, -0.1) is 11.8 Å². The summed E-state index contributed by atoms with van der Waals surface area (Å²) in [5.74, 6) is 0.655. The Kier molecular flexibility index (Phi) is 6.09. The van der Waals surface area contributed by atoms with E-state index in [4.69, 9.17) is 9.84 Å². The molecule has 0 bridgehead atoms. The van der Waals surface area contributed by atoms with Crippen LogP contribution >= 0.6 is 11.8 Å². The van der Waals surface area contributed by atoms with Gasteiger partial charge in [-0.05, 0) is 12.1 Å². The van der Waals surface area contributed by atoms with E-state index < -0.39 is 5.97 Å². The summed E-state index contributed by atoms with van der Waals surface area (Å²) in [7, 11) is 3.80. The molecule has 1 unspecified atom stereocenters. The van der Waals surface area contributed by atoms with Crippen molar-refractivity contribution in [3.8, 4) is 5.75 Å². The van der Waals surface area contributed by atoms with Crippen LogP contribution in [0, 0.1) is 0 Å². The Labute approximate surface area is 139 Å². The van der Waals surface area contributed by atoms with Crippen molar-refractivity contribution < 1.29 is 19.4 Å². The fourth-order valence-electron chi connectivity index (χ4n) is 2.36. The number of carboxylic acid groups (broad SMARTS) is 1. The summed E-state index contributed by atoms with van der Waals surface area (Å²) in [5, 5.41) is 8.59. The van der Waals surface area contributed by atoms with E-state index in [-0.39, 0.29) is 23.5 Å². The number of hydrogen-bond donors (Lipinski definition) is 1. The van der Waals surface area contributed by atoms with E-state index in [0.717, 1.165) is 24.0 Å². The summed E-state index contributed by atoms with van der Waals surface area (Å²) in [4.78, 5) is 30.4. The number of carbonyl (C=O) groups is 2. The summed E-state index contributed by atoms with van der Waals surface area (Å²) >= 11 is 1.12. The molecule has 2 heterocycles. The normalized spacial score (nSPS) is 17.1. The van der Waals surface area contributed by atoms with Crippen molar-refractivity contribution in [2.24, 2.45) is 0 Å². The van der Waals surface area contributed by atoms with Gasteiger partial charge in [0.1, 0.15) is 6.10 Å². The van der Waals surface area contributed by atoms with Crippen molar-refractivity contribution in [1.29, 1.82) is 0 Å². The lowest BCUT2D eigenvalue weighted by Gasteiger charge is -2.20. The smallest absolute Gasteiger partial charge is 0.313 e. The summed E-state index contributed by atoms with van der Waals surface area (Å²) in [5.41, 5.74) is 0. The van der Waals surface area contributed by atoms with Gasteiger partial charge < -0.3 is 19.6 Å². The Hall–Kier alpha value is -1.96. The molecular formula is C15H21N3O4S. The highest BCUT2D eigenvalue weighted by Gasteiger charge is 2.28. The van der Waals surface area contributed by atoms with Gasteiger partial charge >= 0.3 is 5.97 Å². The van der Waals surface area contributed by atoms with Gasteiger partial charge in [-0.25, -0.2) is 4.98 Å². The van der Waals surface area contributed by atoms with Gasteiger partial charge in [0.2, 0.25) is 5.91 Å². The molecule has 2 rings (SSSR count). The Balaban J connectivity index is 1.86. The van der Waals surface area contributed by atoms with E-state index in [1.54, 1.807) is 11.1 Å². The molecule has 7 nitrogen and oxygen atoms in total. The zero-order valence-electron chi connectivity index (χ0n) is 13.3. The van der Waals surface area contributed by atoms with Gasteiger partial charge in [-0.1, -0.05) is 0 Å². The topological polar surface area (TPSA) is 83.0 Å². The molecule has 23 heavy (non-hydrogen) atoms. The molecule has 0 aromatic carbocycles. The number of thioether (sulfide) groups is 1. The molecule has 126 valence electrons. The summed E-state index contributed by atoms with van der Waals surface area (Å²) < 4.78 is 5.99. The van der Waals surface area contributed by atoms with Gasteiger partial charge in [-0.3, -0.25) is 9.59 Å². The van der Waals surface area contributed by atoms with Gasteiger partial charge in [-0.2, -0.15) is 0 Å². The number of aliphatic carboxylic acids is 1. The molecule has 1 saturated heterocycles. The molecular weight excluding hydrogens is 318 g/mol. The average Bonchev–Trinajstić information content (AvgIpc) is 2.95. The summed E-state index contributed by atoms with van der Waals surface area (Å²) in [6.07, 6.45) is 2.41. The molecule has 1 aliphatic rings. The first kappa shape index (κ1) is 17.4. The zero-order valence-corrected chi connectivity index (χ0v) is 14.1. The fraction of sp³-hybridized carbons (Fsp3) is 0.533. The SMILES string of the molecule is CN(C)c1ncccc1OC1CCN(C(=O)CSCC(=O)O)C1. The molecule has 1 atom stereocenters. The van der Waals surface area contributed by atoms with Crippen LogP contribution in [0.2, 0.25) is 0 Å². The van der Waals surface area contributed by atoms with Crippen LogP contribution in [0.1, 0.15) is 6.42 Å². The van der Waals surface area contributed by atoms with E-state index >= 15 is 0 Å². The highest BCUT2D eigenvalue weighted by atomic mass is 32.2. The maximum absolute atomic E-state index is 12.0. The zero-order chi connectivity index (χ0) is 16.8. The first-order valence-corrected chi connectivity index (χ1v) is 8.49. The summed E-state index contributed by atoms with van der Waals surface area (Å²) in [6, 6.07) is 3.69. The second kappa shape index (κ2) is 8.05. The first-order chi connectivity index (χ1) is 11.0. The maximum atomic E-state index is 12.0. The van der Waals surface area contributed by atoms with Gasteiger partial charge in [0.25, 0.3) is 0 Å². The van der Waals surface area contributed by atoms with E-state index in [1.807, 2.05) is 31.1 Å². The van der Waals surface area contributed by atoms with Crippen molar-refractivity contribution in [2.75, 3.05) is 43.6 Å². The maximum Gasteiger partial charge on any atom is 0.313 e. The van der Waals surface area contributed by atoms with Crippen LogP contribution in [-0.4, -0.2) is 71.7 Å². The van der Waals surface area contributed by atoms with Crippen LogP contribution in [0.25, 0.3) is 0 Å². The van der Waals surface area contributed by atoms with Crippen LogP contribution in [0.3, 0.4) is 0 Å². The molecule has 1 fully saturated rings. The van der Waals surface area contributed by atoms with Gasteiger partial charge in [0.05, 0.1) is 18.1 Å². The predicted molar refractivity (Wildman–Crippen MR) is 89.1 cm³/mol. The van der Waals surface area contributed by atoms with Crippen LogP contribution in [-0.2, 0) is 9.59 Å². The third kappa shape index (κ3) is 5.02. The van der Waals surface area contributed by atoms with E-state index in [9.17, 15) is 9.59 Å². The monoisotopic (exact) mass is 339 g/mol. The number of pyridine rings is 1. The minimum absolute atomic E-state index is 0.0404. The van der Waals surface area contributed by atoms with Crippen molar-refractivity contribution in [3.05, 3.63) is 18.3 Å². The Bertz CT molecular complexity index is 567. The van der Waals surface area contributed by atoms with Crippen molar-refractivity contribution >= 4 is 29.5 Å². The Morgan fingerprint density at radius 2 is 2.26 bits per heavy atom. The van der Waals surface area contributed by atoms with Crippen LogP contribution < -0.4 is 9.64 Å². The van der Waals surface area contributed by atoms with E-state index in [0.29, 0.717) is 18.8 Å². The molecule has 1 aromatic heterocycles. The van der Waals surface area contributed by atoms with Crippen molar-refractivity contribution in [2.45, 2.75) is 12.5 Å². The number of aromatic nitrogens is 1. The number of rotatable bonds is 7. The fourth-order valence-corrected chi connectivity index (χ4v) is 2.99. The minimum atomic E-state index is -0.904. The third-order valence-electron chi connectivity index (χ3n) is 3.42. The molecule has 1 amide bonds. The number of amides is 1. The highest BCUT2D eigenvalue weighted by Crippen LogP contribution is 2.26. The first-order valence-electron chi connectivity index (χ1n) is 7.33. The molecule has 0 spiro atoms. The Morgan fingerprint density at radius 3 is 2.96 bits per heavy atom. The lowest BCUT2D eigenvalue weighted by molar-refractivity contribution is -0.133. The predicted octanol–water partition coefficient (Wildman–Crippen LogP) is 0.945. The molecule has 1 aliphatic heterocycles. The molecule has 8 heteroatoms. The van der Waals surface area contributed by atoms with Gasteiger partial charge in [0.15, 0.2) is 11.6 Å². The van der Waals surface area contributed by atoms with E-state index in [1.165, 1.54) is 0 Å². The average molecular weight is 339 g/mol. The summed E-state index contributed by atoms with van der Waals surface area (Å²) in [6.45, 7) is 1.16. The molecule has 1 N–H and O–H groups in total. The van der Waals surface area contributed by atoms with Crippen LogP contribution in [0.15, 0.2) is 18.3 Å². The number of carbonyl (C=O) groups excluding carboxylic acids is 1.